The number of benzene rings is 2. The number of hydrogen-bond acceptors (Lipinski definition) is 6. The number of rotatable bonds is 5. The number of aliphatic hydroxyl groups is 1. The number of fused-ring (bicyclic) bond motifs is 1. The van der Waals surface area contributed by atoms with Gasteiger partial charge in [0.15, 0.2) is 5.65 Å². The van der Waals surface area contributed by atoms with Crippen LogP contribution < -0.4 is 4.74 Å². The summed E-state index contributed by atoms with van der Waals surface area (Å²) in [5.41, 5.74) is 2.94. The number of aliphatic hydroxyl groups excluding tert-OH is 1. The van der Waals surface area contributed by atoms with Crippen LogP contribution in [0.15, 0.2) is 67.3 Å². The second-order valence-electron chi connectivity index (χ2n) is 6.93. The van der Waals surface area contributed by atoms with Gasteiger partial charge in [0.25, 0.3) is 0 Å². The third-order valence-corrected chi connectivity index (χ3v) is 5.07. The maximum Gasteiger partial charge on any atom is 0.165 e. The molecule has 3 heterocycles. The zero-order chi connectivity index (χ0) is 19.6. The summed E-state index contributed by atoms with van der Waals surface area (Å²) in [5.74, 6) is 1.45. The van der Waals surface area contributed by atoms with Crippen molar-refractivity contribution in [3.05, 3.63) is 67.3 Å². The van der Waals surface area contributed by atoms with Gasteiger partial charge in [0.1, 0.15) is 35.3 Å². The van der Waals surface area contributed by atoms with E-state index in [1.54, 1.807) is 6.33 Å². The first-order valence-electron chi connectivity index (χ1n) is 9.59. The molecule has 0 aliphatic carbocycles. The fourth-order valence-corrected chi connectivity index (χ4v) is 3.65. The van der Waals surface area contributed by atoms with Gasteiger partial charge in [-0.2, -0.15) is 0 Å². The Hall–Kier alpha value is -3.29. The Morgan fingerprint density at radius 1 is 1.00 bits per heavy atom. The highest BCUT2D eigenvalue weighted by atomic mass is 16.5. The highest BCUT2D eigenvalue weighted by molar-refractivity contribution is 5.89. The lowest BCUT2D eigenvalue weighted by atomic mass is 10.1. The molecule has 1 aliphatic heterocycles. The average molecular weight is 388 g/mol. The molecule has 0 saturated carbocycles. The zero-order valence-corrected chi connectivity index (χ0v) is 15.7. The molecule has 1 N–H and O–H groups in total. The highest BCUT2D eigenvalue weighted by Crippen LogP contribution is 2.36. The van der Waals surface area contributed by atoms with E-state index in [9.17, 15) is 5.11 Å². The lowest BCUT2D eigenvalue weighted by molar-refractivity contribution is -0.0207. The molecule has 0 radical (unpaired) electrons. The van der Waals surface area contributed by atoms with Crippen molar-refractivity contribution in [2.45, 2.75) is 25.2 Å². The van der Waals surface area contributed by atoms with Gasteiger partial charge in [0.2, 0.25) is 0 Å². The molecule has 2 aromatic carbocycles. The Balaban J connectivity index is 1.55. The zero-order valence-electron chi connectivity index (χ0n) is 15.7. The summed E-state index contributed by atoms with van der Waals surface area (Å²) in [6, 6.07) is 17.4. The minimum Gasteiger partial charge on any atom is -0.457 e. The predicted octanol–water partition coefficient (Wildman–Crippen LogP) is 3.96. The summed E-state index contributed by atoms with van der Waals surface area (Å²) >= 11 is 0. The quantitative estimate of drug-likeness (QED) is 0.557. The number of ether oxygens (including phenoxy) is 2. The molecule has 2 atom stereocenters. The average Bonchev–Trinajstić information content (AvgIpc) is 3.41. The summed E-state index contributed by atoms with van der Waals surface area (Å²) in [6.45, 7) is 0.0214. The summed E-state index contributed by atoms with van der Waals surface area (Å²) < 4.78 is 13.9. The molecular weight excluding hydrogens is 368 g/mol. The minimum absolute atomic E-state index is 0.0214. The maximum absolute atomic E-state index is 9.35. The van der Waals surface area contributed by atoms with Gasteiger partial charge in [-0.3, -0.25) is 4.57 Å². The first-order valence-corrected chi connectivity index (χ1v) is 9.59. The van der Waals surface area contributed by atoms with Crippen LogP contribution in [0, 0.1) is 0 Å². The van der Waals surface area contributed by atoms with Crippen LogP contribution in [0.2, 0.25) is 0 Å². The largest absolute Gasteiger partial charge is 0.457 e. The van der Waals surface area contributed by atoms with Gasteiger partial charge in [-0.1, -0.05) is 30.3 Å². The molecule has 2 unspecified atom stereocenters. The predicted molar refractivity (Wildman–Crippen MR) is 108 cm³/mol. The van der Waals surface area contributed by atoms with Crippen LogP contribution in [0.5, 0.6) is 11.5 Å². The SMILES string of the molecule is OCC1CCC(n2cnc3c(-c4ccccc4Oc4ccccc4)ncnc32)O1. The molecule has 5 rings (SSSR count). The summed E-state index contributed by atoms with van der Waals surface area (Å²) in [4.78, 5) is 13.5. The monoisotopic (exact) mass is 388 g/mol. The number of imidazole rings is 1. The first kappa shape index (κ1) is 17.8. The number of para-hydroxylation sites is 2. The van der Waals surface area contributed by atoms with Crippen molar-refractivity contribution in [2.75, 3.05) is 6.61 Å². The Morgan fingerprint density at radius 2 is 1.83 bits per heavy atom. The summed E-state index contributed by atoms with van der Waals surface area (Å²) in [6.07, 6.45) is 4.56. The van der Waals surface area contributed by atoms with E-state index in [2.05, 4.69) is 15.0 Å². The molecule has 2 aromatic heterocycles. The van der Waals surface area contributed by atoms with E-state index in [0.29, 0.717) is 22.6 Å². The second kappa shape index (κ2) is 7.62. The molecule has 146 valence electrons. The number of aromatic nitrogens is 4. The van der Waals surface area contributed by atoms with Crippen molar-refractivity contribution in [1.29, 1.82) is 0 Å². The van der Waals surface area contributed by atoms with Crippen molar-refractivity contribution in [2.24, 2.45) is 0 Å². The fraction of sp³-hybridized carbons (Fsp3) is 0.227. The minimum atomic E-state index is -0.185. The Kier molecular flexibility index (Phi) is 4.67. The van der Waals surface area contributed by atoms with Gasteiger partial charge in [-0.15, -0.1) is 0 Å². The van der Waals surface area contributed by atoms with Gasteiger partial charge < -0.3 is 14.6 Å². The second-order valence-corrected chi connectivity index (χ2v) is 6.93. The first-order chi connectivity index (χ1) is 14.3. The van der Waals surface area contributed by atoms with Gasteiger partial charge in [-0.05, 0) is 37.1 Å². The van der Waals surface area contributed by atoms with E-state index < -0.39 is 0 Å². The molecule has 7 nitrogen and oxygen atoms in total. The highest BCUT2D eigenvalue weighted by Gasteiger charge is 2.28. The summed E-state index contributed by atoms with van der Waals surface area (Å²) in [7, 11) is 0. The van der Waals surface area contributed by atoms with Crippen molar-refractivity contribution in [3.63, 3.8) is 0 Å². The van der Waals surface area contributed by atoms with Crippen LogP contribution in [0.3, 0.4) is 0 Å². The van der Waals surface area contributed by atoms with Crippen LogP contribution in [0.4, 0.5) is 0 Å². The van der Waals surface area contributed by atoms with E-state index in [1.807, 2.05) is 59.2 Å². The van der Waals surface area contributed by atoms with E-state index in [0.717, 1.165) is 24.2 Å². The van der Waals surface area contributed by atoms with Crippen molar-refractivity contribution < 1.29 is 14.6 Å². The van der Waals surface area contributed by atoms with Gasteiger partial charge >= 0.3 is 0 Å². The molecule has 0 spiro atoms. The number of nitrogens with zero attached hydrogens (tertiary/aromatic N) is 4. The molecule has 4 aromatic rings. The molecule has 7 heteroatoms. The normalized spacial score (nSPS) is 18.9. The topological polar surface area (TPSA) is 82.3 Å². The van der Waals surface area contributed by atoms with E-state index in [-0.39, 0.29) is 18.9 Å². The molecule has 1 aliphatic rings. The van der Waals surface area contributed by atoms with Gasteiger partial charge in [-0.25, -0.2) is 15.0 Å². The Labute approximate surface area is 167 Å². The standard InChI is InChI=1S/C22H20N4O3/c27-12-16-10-11-19(29-16)26-14-25-21-20(23-13-24-22(21)26)17-8-4-5-9-18(17)28-15-6-2-1-3-7-15/h1-9,13-14,16,19,27H,10-12H2. The van der Waals surface area contributed by atoms with Crippen LogP contribution in [-0.4, -0.2) is 37.3 Å². The van der Waals surface area contributed by atoms with Gasteiger partial charge in [0, 0.05) is 5.56 Å². The molecule has 1 saturated heterocycles. The smallest absolute Gasteiger partial charge is 0.165 e. The lowest BCUT2D eigenvalue weighted by Crippen LogP contribution is -2.14. The van der Waals surface area contributed by atoms with Crippen LogP contribution in [0.25, 0.3) is 22.4 Å². The van der Waals surface area contributed by atoms with Crippen molar-refractivity contribution >= 4 is 11.2 Å². The Morgan fingerprint density at radius 3 is 2.66 bits per heavy atom. The Bertz CT molecular complexity index is 1130. The van der Waals surface area contributed by atoms with E-state index >= 15 is 0 Å². The van der Waals surface area contributed by atoms with E-state index in [1.165, 1.54) is 6.33 Å². The fourth-order valence-electron chi connectivity index (χ4n) is 3.65. The third-order valence-electron chi connectivity index (χ3n) is 5.07. The number of hydrogen-bond donors (Lipinski definition) is 1. The third kappa shape index (κ3) is 3.35. The van der Waals surface area contributed by atoms with E-state index in [4.69, 9.17) is 9.47 Å². The van der Waals surface area contributed by atoms with Crippen LogP contribution in [-0.2, 0) is 4.74 Å². The summed E-state index contributed by atoms with van der Waals surface area (Å²) in [5, 5.41) is 9.35. The molecule has 1 fully saturated rings. The maximum atomic E-state index is 9.35. The molecule has 0 bridgehead atoms. The van der Waals surface area contributed by atoms with Crippen LogP contribution >= 0.6 is 0 Å². The van der Waals surface area contributed by atoms with Crippen molar-refractivity contribution in [3.8, 4) is 22.8 Å². The lowest BCUT2D eigenvalue weighted by Gasteiger charge is -2.14. The molecular formula is C22H20N4O3. The molecule has 0 amide bonds. The van der Waals surface area contributed by atoms with Gasteiger partial charge in [0.05, 0.1) is 19.0 Å². The molecule has 29 heavy (non-hydrogen) atoms. The van der Waals surface area contributed by atoms with Crippen LogP contribution in [0.1, 0.15) is 19.1 Å². The van der Waals surface area contributed by atoms with Crippen molar-refractivity contribution in [1.82, 2.24) is 19.5 Å².